The van der Waals surface area contributed by atoms with Gasteiger partial charge in [-0.3, -0.25) is 14.4 Å². The van der Waals surface area contributed by atoms with Crippen molar-refractivity contribution in [3.05, 3.63) is 12.7 Å². The molecule has 1 heterocycles. The molecule has 116 valence electrons. The van der Waals surface area contributed by atoms with E-state index >= 15 is 0 Å². The highest BCUT2D eigenvalue weighted by Gasteiger charge is 2.49. The second kappa shape index (κ2) is 6.39. The van der Waals surface area contributed by atoms with Crippen molar-refractivity contribution in [2.45, 2.75) is 51.7 Å². The molecule has 6 nitrogen and oxygen atoms in total. The van der Waals surface area contributed by atoms with E-state index < -0.39 is 18.2 Å². The van der Waals surface area contributed by atoms with E-state index in [1.165, 1.54) is 0 Å². The maximum absolute atomic E-state index is 12.2. The Hall–Kier alpha value is -1.69. The molecule has 4 atom stereocenters. The van der Waals surface area contributed by atoms with Crippen LogP contribution in [-0.4, -0.2) is 35.1 Å². The van der Waals surface area contributed by atoms with Crippen LogP contribution >= 0.6 is 0 Å². The number of nitrogens with zero attached hydrogens (tertiary/aromatic N) is 1. The summed E-state index contributed by atoms with van der Waals surface area (Å²) >= 11 is 0. The van der Waals surface area contributed by atoms with Gasteiger partial charge in [-0.25, -0.2) is 4.79 Å². The third-order valence-electron chi connectivity index (χ3n) is 4.20. The summed E-state index contributed by atoms with van der Waals surface area (Å²) in [4.78, 5) is 41.1. The monoisotopic (exact) mass is 295 g/mol. The first-order valence-electron chi connectivity index (χ1n) is 7.33. The van der Waals surface area contributed by atoms with Gasteiger partial charge in [0.1, 0.15) is 12.2 Å². The van der Waals surface area contributed by atoms with Crippen molar-refractivity contribution in [2.24, 2.45) is 11.8 Å². The molecular weight excluding hydrogens is 274 g/mol. The van der Waals surface area contributed by atoms with Crippen molar-refractivity contribution in [3.8, 4) is 0 Å². The minimum absolute atomic E-state index is 0.246. The van der Waals surface area contributed by atoms with Crippen LogP contribution in [0.5, 0.6) is 0 Å². The van der Waals surface area contributed by atoms with Crippen LogP contribution in [0.3, 0.4) is 0 Å². The molecule has 1 aliphatic carbocycles. The zero-order chi connectivity index (χ0) is 15.6. The Morgan fingerprint density at radius 3 is 2.19 bits per heavy atom. The molecular formula is C15H21NO5. The summed E-state index contributed by atoms with van der Waals surface area (Å²) in [7, 11) is 0. The lowest BCUT2D eigenvalue weighted by Crippen LogP contribution is -2.39. The summed E-state index contributed by atoms with van der Waals surface area (Å²) in [5, 5.41) is 0.879. The Labute approximate surface area is 124 Å². The average molecular weight is 295 g/mol. The van der Waals surface area contributed by atoms with Gasteiger partial charge in [0.15, 0.2) is 0 Å². The van der Waals surface area contributed by atoms with Crippen LogP contribution in [0.25, 0.3) is 0 Å². The van der Waals surface area contributed by atoms with Gasteiger partial charge in [-0.2, -0.15) is 5.06 Å². The second-order valence-electron chi connectivity index (χ2n) is 5.62. The lowest BCUT2D eigenvalue weighted by atomic mass is 9.81. The fourth-order valence-electron chi connectivity index (χ4n) is 2.81. The van der Waals surface area contributed by atoms with Gasteiger partial charge in [0.25, 0.3) is 11.8 Å². The average Bonchev–Trinajstić information content (AvgIpc) is 2.72. The molecule has 0 aromatic rings. The van der Waals surface area contributed by atoms with Crippen LogP contribution < -0.4 is 0 Å². The van der Waals surface area contributed by atoms with Crippen LogP contribution in [0.4, 0.5) is 0 Å². The maximum Gasteiger partial charge on any atom is 0.330 e. The van der Waals surface area contributed by atoms with E-state index in [4.69, 9.17) is 9.57 Å². The number of ether oxygens (including phenoxy) is 1. The van der Waals surface area contributed by atoms with Crippen LogP contribution in [0.2, 0.25) is 0 Å². The molecule has 2 rings (SSSR count). The highest BCUT2D eigenvalue weighted by molar-refractivity contribution is 6.04. The topological polar surface area (TPSA) is 72.9 Å². The first-order chi connectivity index (χ1) is 9.95. The third kappa shape index (κ3) is 3.15. The molecule has 6 heteroatoms. The SMILES string of the molecule is C=CC(=O)OC(C)C(C)ON1C(=O)C2CCCCC2C1=O. The third-order valence-corrected chi connectivity index (χ3v) is 4.20. The largest absolute Gasteiger partial charge is 0.457 e. The number of amides is 2. The van der Waals surface area contributed by atoms with Crippen molar-refractivity contribution >= 4 is 17.8 Å². The Kier molecular flexibility index (Phi) is 4.77. The van der Waals surface area contributed by atoms with E-state index in [9.17, 15) is 14.4 Å². The number of hydrogen-bond acceptors (Lipinski definition) is 5. The smallest absolute Gasteiger partial charge is 0.330 e. The van der Waals surface area contributed by atoms with Gasteiger partial charge in [0, 0.05) is 6.08 Å². The Morgan fingerprint density at radius 2 is 1.71 bits per heavy atom. The summed E-state index contributed by atoms with van der Waals surface area (Å²) in [6, 6.07) is 0. The van der Waals surface area contributed by atoms with Gasteiger partial charge < -0.3 is 4.74 Å². The highest BCUT2D eigenvalue weighted by atomic mass is 16.7. The molecule has 1 saturated carbocycles. The second-order valence-corrected chi connectivity index (χ2v) is 5.62. The van der Waals surface area contributed by atoms with Gasteiger partial charge in [-0.05, 0) is 26.7 Å². The molecule has 4 unspecified atom stereocenters. The molecule has 1 aliphatic heterocycles. The Morgan fingerprint density at radius 1 is 1.19 bits per heavy atom. The van der Waals surface area contributed by atoms with Crippen LogP contribution in [0.1, 0.15) is 39.5 Å². The number of carbonyl (C=O) groups excluding carboxylic acids is 3. The molecule has 0 aromatic carbocycles. The minimum Gasteiger partial charge on any atom is -0.457 e. The van der Waals surface area contributed by atoms with Crippen LogP contribution in [0.15, 0.2) is 12.7 Å². The molecule has 2 aliphatic rings. The van der Waals surface area contributed by atoms with Crippen molar-refractivity contribution < 1.29 is 24.0 Å². The number of esters is 1. The van der Waals surface area contributed by atoms with Crippen LogP contribution in [-0.2, 0) is 24.0 Å². The molecule has 1 saturated heterocycles. The Bertz CT molecular complexity index is 437. The molecule has 0 bridgehead atoms. The fourth-order valence-corrected chi connectivity index (χ4v) is 2.81. The zero-order valence-corrected chi connectivity index (χ0v) is 12.4. The van der Waals surface area contributed by atoms with Gasteiger partial charge >= 0.3 is 5.97 Å². The lowest BCUT2D eigenvalue weighted by Gasteiger charge is -2.24. The molecule has 0 spiro atoms. The van der Waals surface area contributed by atoms with E-state index in [0.717, 1.165) is 36.8 Å². The molecule has 2 amide bonds. The molecule has 0 aromatic heterocycles. The lowest BCUT2D eigenvalue weighted by molar-refractivity contribution is -0.215. The van der Waals surface area contributed by atoms with Crippen molar-refractivity contribution in [1.29, 1.82) is 0 Å². The first-order valence-corrected chi connectivity index (χ1v) is 7.33. The quantitative estimate of drug-likeness (QED) is 0.437. The number of imide groups is 1. The van der Waals surface area contributed by atoms with E-state index in [1.807, 2.05) is 0 Å². The maximum atomic E-state index is 12.2. The molecule has 2 fully saturated rings. The fraction of sp³-hybridized carbons (Fsp3) is 0.667. The summed E-state index contributed by atoms with van der Waals surface area (Å²) in [5.41, 5.74) is 0. The normalized spacial score (nSPS) is 28.0. The van der Waals surface area contributed by atoms with Gasteiger partial charge in [0.2, 0.25) is 0 Å². The number of fused-ring (bicyclic) bond motifs is 1. The van der Waals surface area contributed by atoms with E-state index in [0.29, 0.717) is 0 Å². The predicted molar refractivity (Wildman–Crippen MR) is 73.6 cm³/mol. The predicted octanol–water partition coefficient (Wildman–Crippen LogP) is 1.60. The number of hydrogen-bond donors (Lipinski definition) is 0. The number of hydroxylamine groups is 2. The van der Waals surface area contributed by atoms with Crippen molar-refractivity contribution in [2.75, 3.05) is 0 Å². The first kappa shape index (κ1) is 15.7. The summed E-state index contributed by atoms with van der Waals surface area (Å²) < 4.78 is 5.03. The van der Waals surface area contributed by atoms with E-state index in [-0.39, 0.29) is 23.7 Å². The van der Waals surface area contributed by atoms with Crippen LogP contribution in [0, 0.1) is 11.8 Å². The summed E-state index contributed by atoms with van der Waals surface area (Å²) in [6.45, 7) is 6.61. The van der Waals surface area contributed by atoms with Crippen molar-refractivity contribution in [1.82, 2.24) is 5.06 Å². The van der Waals surface area contributed by atoms with E-state index in [1.54, 1.807) is 13.8 Å². The summed E-state index contributed by atoms with van der Waals surface area (Å²) in [5.74, 6) is -1.59. The standard InChI is InChI=1S/C15H21NO5/c1-4-13(17)20-9(2)10(3)21-16-14(18)11-7-5-6-8-12(11)15(16)19/h4,9-12H,1,5-8H2,2-3H3. The molecule has 0 N–H and O–H groups in total. The van der Waals surface area contributed by atoms with Crippen molar-refractivity contribution in [3.63, 3.8) is 0 Å². The molecule has 0 radical (unpaired) electrons. The highest BCUT2D eigenvalue weighted by Crippen LogP contribution is 2.38. The summed E-state index contributed by atoms with van der Waals surface area (Å²) in [6.07, 6.45) is 3.30. The molecule has 21 heavy (non-hydrogen) atoms. The van der Waals surface area contributed by atoms with Gasteiger partial charge in [-0.15, -0.1) is 0 Å². The number of carbonyl (C=O) groups is 3. The number of rotatable bonds is 5. The van der Waals surface area contributed by atoms with E-state index in [2.05, 4.69) is 6.58 Å². The minimum atomic E-state index is -0.595. The van der Waals surface area contributed by atoms with Gasteiger partial charge in [0.05, 0.1) is 11.8 Å². The van der Waals surface area contributed by atoms with Gasteiger partial charge in [-0.1, -0.05) is 19.4 Å². The zero-order valence-electron chi connectivity index (χ0n) is 12.4. The Balaban J connectivity index is 1.98.